The van der Waals surface area contributed by atoms with E-state index in [-0.39, 0.29) is 11.2 Å². The lowest BCUT2D eigenvalue weighted by molar-refractivity contribution is -0.384. The van der Waals surface area contributed by atoms with Gasteiger partial charge in [0.05, 0.1) is 47.1 Å². The lowest BCUT2D eigenvalue weighted by atomic mass is 9.95. The molecule has 0 bridgehead atoms. The molecule has 3 aromatic rings. The minimum absolute atomic E-state index is 0.0653. The number of benzene rings is 2. The van der Waals surface area contributed by atoms with Crippen molar-refractivity contribution in [3.8, 4) is 0 Å². The van der Waals surface area contributed by atoms with E-state index in [9.17, 15) is 19.7 Å². The molecular weight excluding hydrogens is 508 g/mol. The highest BCUT2D eigenvalue weighted by Crippen LogP contribution is 2.32. The Morgan fingerprint density at radius 2 is 1.97 bits per heavy atom. The fraction of sp³-hybridized carbons (Fsp3) is 0.296. The van der Waals surface area contributed by atoms with Gasteiger partial charge in [0.2, 0.25) is 0 Å². The lowest BCUT2D eigenvalue weighted by Crippen LogP contribution is -2.40. The zero-order chi connectivity index (χ0) is 26.8. The number of thiazole rings is 1. The van der Waals surface area contributed by atoms with E-state index >= 15 is 0 Å². The molecule has 0 radical (unpaired) electrons. The molecule has 1 saturated heterocycles. The van der Waals surface area contributed by atoms with Crippen LogP contribution in [0, 0.1) is 10.1 Å². The van der Waals surface area contributed by atoms with Crippen molar-refractivity contribution in [3.05, 3.63) is 101 Å². The molecule has 5 rings (SSSR count). The molecule has 1 fully saturated rings. The van der Waals surface area contributed by atoms with Gasteiger partial charge in [-0.15, -0.1) is 0 Å². The molecular formula is C27H26N4O6S. The van der Waals surface area contributed by atoms with E-state index in [4.69, 9.17) is 9.47 Å². The molecule has 10 nitrogen and oxygen atoms in total. The smallest absolute Gasteiger partial charge is 0.338 e. The number of rotatable bonds is 6. The Morgan fingerprint density at radius 1 is 1.24 bits per heavy atom. The Morgan fingerprint density at radius 3 is 2.63 bits per heavy atom. The first kappa shape index (κ1) is 25.6. The standard InChI is InChI=1S/C27H26N4O6S/c1-3-20-23(26(33)36-2)24(17-7-5-4-6-8-17)30-25(32)22(38-27(30)28-20)16-18-15-19(31(34)35)9-10-21(18)29-11-13-37-14-12-29/h4-10,15-16,24H,3,11-14H2,1-2H3/b22-16-/t24-/m1/s1. The maximum atomic E-state index is 13.9. The molecule has 2 aromatic carbocycles. The van der Waals surface area contributed by atoms with Crippen molar-refractivity contribution in [2.24, 2.45) is 4.99 Å². The van der Waals surface area contributed by atoms with Gasteiger partial charge < -0.3 is 14.4 Å². The number of allylic oxidation sites excluding steroid dienone is 1. The number of methoxy groups -OCH3 is 1. The first-order valence-electron chi connectivity index (χ1n) is 12.2. The summed E-state index contributed by atoms with van der Waals surface area (Å²) >= 11 is 1.19. The van der Waals surface area contributed by atoms with E-state index in [1.54, 1.807) is 12.1 Å². The number of morpholine rings is 1. The Bertz CT molecular complexity index is 1600. The number of carbonyl (C=O) groups excluding carboxylic acids is 1. The molecule has 0 unspecified atom stereocenters. The van der Waals surface area contributed by atoms with Gasteiger partial charge >= 0.3 is 5.97 Å². The van der Waals surface area contributed by atoms with Crippen LogP contribution in [0.25, 0.3) is 6.08 Å². The van der Waals surface area contributed by atoms with Gasteiger partial charge in [0.15, 0.2) is 4.80 Å². The fourth-order valence-corrected chi connectivity index (χ4v) is 5.83. The summed E-state index contributed by atoms with van der Waals surface area (Å²) in [7, 11) is 1.31. The average molecular weight is 535 g/mol. The van der Waals surface area contributed by atoms with E-state index in [0.717, 1.165) is 11.3 Å². The van der Waals surface area contributed by atoms with Gasteiger partial charge in [-0.3, -0.25) is 19.5 Å². The highest BCUT2D eigenvalue weighted by atomic mass is 32.1. The largest absolute Gasteiger partial charge is 0.466 e. The molecule has 196 valence electrons. The number of non-ortho nitro benzene ring substituents is 1. The van der Waals surface area contributed by atoms with Gasteiger partial charge in [-0.2, -0.15) is 0 Å². The summed E-state index contributed by atoms with van der Waals surface area (Å²) in [6, 6.07) is 13.2. The van der Waals surface area contributed by atoms with Crippen LogP contribution in [0.3, 0.4) is 0 Å². The number of fused-ring (bicyclic) bond motifs is 1. The molecule has 2 aliphatic heterocycles. The van der Waals surface area contributed by atoms with Crippen LogP contribution in [0.2, 0.25) is 0 Å². The molecule has 11 heteroatoms. The summed E-state index contributed by atoms with van der Waals surface area (Å²) in [6.07, 6.45) is 2.15. The zero-order valence-electron chi connectivity index (χ0n) is 21.0. The predicted octanol–water partition coefficient (Wildman–Crippen LogP) is 2.54. The van der Waals surface area contributed by atoms with E-state index in [1.807, 2.05) is 37.3 Å². The van der Waals surface area contributed by atoms with E-state index < -0.39 is 16.9 Å². The number of carbonyl (C=O) groups is 1. The van der Waals surface area contributed by atoms with Crippen molar-refractivity contribution in [1.82, 2.24) is 4.57 Å². The molecule has 0 saturated carbocycles. The maximum Gasteiger partial charge on any atom is 0.338 e. The molecule has 2 aliphatic rings. The lowest BCUT2D eigenvalue weighted by Gasteiger charge is -2.30. The summed E-state index contributed by atoms with van der Waals surface area (Å²) < 4.78 is 12.4. The molecule has 0 N–H and O–H groups in total. The SMILES string of the molecule is CCC1=C(C(=O)OC)[C@@H](c2ccccc2)n2c(s/c(=C\c3cc([N+](=O)[O-])ccc3N3CCOCC3)c2=O)=N1. The van der Waals surface area contributed by atoms with E-state index in [0.29, 0.717) is 58.9 Å². The van der Waals surface area contributed by atoms with Gasteiger partial charge in [-0.25, -0.2) is 9.79 Å². The first-order valence-corrected chi connectivity index (χ1v) is 13.0. The van der Waals surface area contributed by atoms with Crippen LogP contribution in [0.4, 0.5) is 11.4 Å². The number of nitrogens with zero attached hydrogens (tertiary/aromatic N) is 4. The van der Waals surface area contributed by atoms with Crippen LogP contribution in [-0.4, -0.2) is 48.9 Å². The third-order valence-electron chi connectivity index (χ3n) is 6.63. The third-order valence-corrected chi connectivity index (χ3v) is 7.61. The Hall–Kier alpha value is -4.09. The molecule has 1 aromatic heterocycles. The van der Waals surface area contributed by atoms with E-state index in [2.05, 4.69) is 9.89 Å². The maximum absolute atomic E-state index is 13.9. The number of nitro benzene ring substituents is 1. The van der Waals surface area contributed by atoms with Gasteiger partial charge in [-0.1, -0.05) is 48.6 Å². The second kappa shape index (κ2) is 10.7. The monoisotopic (exact) mass is 534 g/mol. The minimum Gasteiger partial charge on any atom is -0.466 e. The fourth-order valence-electron chi connectivity index (χ4n) is 4.82. The highest BCUT2D eigenvalue weighted by Gasteiger charge is 2.33. The second-order valence-electron chi connectivity index (χ2n) is 8.80. The summed E-state index contributed by atoms with van der Waals surface area (Å²) in [5.74, 6) is -0.540. The van der Waals surface area contributed by atoms with Crippen LogP contribution in [0.1, 0.15) is 30.5 Å². The summed E-state index contributed by atoms with van der Waals surface area (Å²) in [5, 5.41) is 11.5. The molecule has 38 heavy (non-hydrogen) atoms. The normalized spacial score (nSPS) is 17.7. The third kappa shape index (κ3) is 4.66. The van der Waals surface area contributed by atoms with Gasteiger partial charge in [-0.05, 0) is 24.1 Å². The Kier molecular flexibility index (Phi) is 7.21. The van der Waals surface area contributed by atoms with Crippen molar-refractivity contribution < 1.29 is 19.2 Å². The summed E-state index contributed by atoms with van der Waals surface area (Å²) in [5.41, 5.74) is 2.58. The first-order chi connectivity index (χ1) is 18.4. The number of nitro groups is 1. The van der Waals surface area contributed by atoms with Gasteiger partial charge in [0.1, 0.15) is 0 Å². The quantitative estimate of drug-likeness (QED) is 0.271. The van der Waals surface area contributed by atoms with Gasteiger partial charge in [0, 0.05) is 36.5 Å². The molecule has 0 spiro atoms. The Labute approximate surface area is 221 Å². The number of ether oxygens (including phenoxy) is 2. The van der Waals surface area contributed by atoms with Crippen molar-refractivity contribution >= 4 is 34.8 Å². The van der Waals surface area contributed by atoms with E-state index in [1.165, 1.54) is 35.1 Å². The molecule has 3 heterocycles. The highest BCUT2D eigenvalue weighted by molar-refractivity contribution is 7.07. The Balaban J connectivity index is 1.74. The molecule has 1 atom stereocenters. The van der Waals surface area contributed by atoms with Crippen LogP contribution >= 0.6 is 11.3 Å². The summed E-state index contributed by atoms with van der Waals surface area (Å²) in [6.45, 7) is 4.26. The van der Waals surface area contributed by atoms with Gasteiger partial charge in [0.25, 0.3) is 11.2 Å². The van der Waals surface area contributed by atoms with Crippen LogP contribution in [0.15, 0.2) is 69.6 Å². The van der Waals surface area contributed by atoms with Crippen LogP contribution in [0.5, 0.6) is 0 Å². The predicted molar refractivity (Wildman–Crippen MR) is 143 cm³/mol. The van der Waals surface area contributed by atoms with Crippen molar-refractivity contribution in [2.45, 2.75) is 19.4 Å². The number of hydrogen-bond donors (Lipinski definition) is 0. The van der Waals surface area contributed by atoms with Crippen LogP contribution < -0.4 is 19.8 Å². The molecule has 0 aliphatic carbocycles. The van der Waals surface area contributed by atoms with Crippen molar-refractivity contribution in [1.29, 1.82) is 0 Å². The second-order valence-corrected chi connectivity index (χ2v) is 9.81. The average Bonchev–Trinajstić information content (AvgIpc) is 3.26. The molecule has 0 amide bonds. The number of anilines is 1. The zero-order valence-corrected chi connectivity index (χ0v) is 21.8. The van der Waals surface area contributed by atoms with Crippen molar-refractivity contribution in [3.63, 3.8) is 0 Å². The summed E-state index contributed by atoms with van der Waals surface area (Å²) in [4.78, 5) is 45.1. The van der Waals surface area contributed by atoms with Crippen LogP contribution in [-0.2, 0) is 14.3 Å². The topological polar surface area (TPSA) is 116 Å². The number of esters is 1. The minimum atomic E-state index is -0.708. The number of aromatic nitrogens is 1. The van der Waals surface area contributed by atoms with Crippen molar-refractivity contribution in [2.75, 3.05) is 38.3 Å². The number of hydrogen-bond acceptors (Lipinski definition) is 9.